The molecule has 104 valence electrons. The Bertz CT molecular complexity index is 288. The lowest BCUT2D eigenvalue weighted by atomic mass is 9.96. The molecule has 3 amide bonds. The molecule has 1 fully saturated rings. The minimum absolute atomic E-state index is 0.0349. The zero-order valence-corrected chi connectivity index (χ0v) is 11.7. The van der Waals surface area contributed by atoms with Gasteiger partial charge in [-0.15, -0.1) is 0 Å². The summed E-state index contributed by atoms with van der Waals surface area (Å²) in [6, 6.07) is 0.238. The first kappa shape index (κ1) is 14.8. The molecule has 1 unspecified atom stereocenters. The number of hydrogen-bond acceptors (Lipinski definition) is 2. The van der Waals surface area contributed by atoms with Gasteiger partial charge in [0.25, 0.3) is 0 Å². The largest absolute Gasteiger partial charge is 0.359 e. The zero-order valence-electron chi connectivity index (χ0n) is 11.7. The molecule has 0 bridgehead atoms. The average Bonchev–Trinajstić information content (AvgIpc) is 2.38. The van der Waals surface area contributed by atoms with Crippen molar-refractivity contribution in [3.8, 4) is 0 Å². The van der Waals surface area contributed by atoms with Crippen LogP contribution in [0.4, 0.5) is 4.79 Å². The highest BCUT2D eigenvalue weighted by Gasteiger charge is 2.20. The minimum atomic E-state index is -0.183. The molecule has 0 aromatic heterocycles. The van der Waals surface area contributed by atoms with E-state index in [9.17, 15) is 9.59 Å². The summed E-state index contributed by atoms with van der Waals surface area (Å²) in [5.74, 6) is -0.218. The van der Waals surface area contributed by atoms with Crippen LogP contribution in [0.1, 0.15) is 39.0 Å². The van der Waals surface area contributed by atoms with E-state index >= 15 is 0 Å². The van der Waals surface area contributed by atoms with Gasteiger partial charge >= 0.3 is 6.03 Å². The minimum Gasteiger partial charge on any atom is -0.359 e. The van der Waals surface area contributed by atoms with Crippen molar-refractivity contribution in [3.63, 3.8) is 0 Å². The predicted octanol–water partition coefficient (Wildman–Crippen LogP) is 1.34. The van der Waals surface area contributed by atoms with Gasteiger partial charge in [0, 0.05) is 26.7 Å². The molecule has 0 spiro atoms. The lowest BCUT2D eigenvalue weighted by molar-refractivity contribution is -0.124. The highest BCUT2D eigenvalue weighted by Crippen LogP contribution is 2.17. The third-order valence-corrected chi connectivity index (χ3v) is 3.52. The number of nitrogens with one attached hydrogen (secondary N) is 2. The Morgan fingerprint density at radius 2 is 1.89 bits per heavy atom. The predicted molar refractivity (Wildman–Crippen MR) is 71.3 cm³/mol. The SMILES string of the molecule is CNC(=O)C(C)CN(C)C(=O)NC1CCCCC1. The van der Waals surface area contributed by atoms with Crippen molar-refractivity contribution in [1.29, 1.82) is 0 Å². The third kappa shape index (κ3) is 4.55. The van der Waals surface area contributed by atoms with E-state index in [0.29, 0.717) is 12.6 Å². The summed E-state index contributed by atoms with van der Waals surface area (Å²) in [6.45, 7) is 2.27. The summed E-state index contributed by atoms with van der Waals surface area (Å²) in [5.41, 5.74) is 0. The van der Waals surface area contributed by atoms with Crippen LogP contribution in [0.25, 0.3) is 0 Å². The van der Waals surface area contributed by atoms with E-state index in [1.807, 2.05) is 6.92 Å². The second-order valence-electron chi connectivity index (χ2n) is 5.18. The average molecular weight is 255 g/mol. The van der Waals surface area contributed by atoms with Crippen LogP contribution in [0.3, 0.4) is 0 Å². The fraction of sp³-hybridized carbons (Fsp3) is 0.846. The second kappa shape index (κ2) is 7.24. The molecule has 0 aromatic rings. The number of rotatable bonds is 4. The molecule has 0 heterocycles. The van der Waals surface area contributed by atoms with Gasteiger partial charge in [-0.2, -0.15) is 0 Å². The van der Waals surface area contributed by atoms with Crippen molar-refractivity contribution in [2.45, 2.75) is 45.1 Å². The van der Waals surface area contributed by atoms with Crippen molar-refractivity contribution >= 4 is 11.9 Å². The smallest absolute Gasteiger partial charge is 0.317 e. The molecule has 1 atom stereocenters. The molecule has 1 aliphatic carbocycles. The number of carbonyl (C=O) groups is 2. The lowest BCUT2D eigenvalue weighted by Gasteiger charge is -2.27. The normalized spacial score (nSPS) is 17.9. The van der Waals surface area contributed by atoms with Crippen LogP contribution in [0.5, 0.6) is 0 Å². The maximum Gasteiger partial charge on any atom is 0.317 e. The van der Waals surface area contributed by atoms with Gasteiger partial charge in [0.15, 0.2) is 0 Å². The molecule has 1 saturated carbocycles. The van der Waals surface area contributed by atoms with Crippen LogP contribution in [0.2, 0.25) is 0 Å². The van der Waals surface area contributed by atoms with Crippen LogP contribution in [0.15, 0.2) is 0 Å². The Morgan fingerprint density at radius 3 is 2.44 bits per heavy atom. The molecule has 1 rings (SSSR count). The molecular weight excluding hydrogens is 230 g/mol. The fourth-order valence-corrected chi connectivity index (χ4v) is 2.35. The lowest BCUT2D eigenvalue weighted by Crippen LogP contribution is -2.46. The van der Waals surface area contributed by atoms with Crippen LogP contribution < -0.4 is 10.6 Å². The number of carbonyl (C=O) groups excluding carboxylic acids is 2. The van der Waals surface area contributed by atoms with Crippen LogP contribution >= 0.6 is 0 Å². The van der Waals surface area contributed by atoms with Crippen LogP contribution in [-0.2, 0) is 4.79 Å². The zero-order chi connectivity index (χ0) is 13.5. The van der Waals surface area contributed by atoms with Gasteiger partial charge in [0.1, 0.15) is 0 Å². The van der Waals surface area contributed by atoms with Gasteiger partial charge < -0.3 is 15.5 Å². The molecular formula is C13H25N3O2. The van der Waals surface area contributed by atoms with Gasteiger partial charge in [-0.1, -0.05) is 26.2 Å². The Morgan fingerprint density at radius 1 is 1.28 bits per heavy atom. The van der Waals surface area contributed by atoms with Crippen molar-refractivity contribution < 1.29 is 9.59 Å². The van der Waals surface area contributed by atoms with E-state index in [1.165, 1.54) is 19.3 Å². The van der Waals surface area contributed by atoms with E-state index in [2.05, 4.69) is 10.6 Å². The fourth-order valence-electron chi connectivity index (χ4n) is 2.35. The Kier molecular flexibility index (Phi) is 5.95. The summed E-state index contributed by atoms with van der Waals surface area (Å²) < 4.78 is 0. The molecule has 0 saturated heterocycles. The first-order chi connectivity index (χ1) is 8.54. The van der Waals surface area contributed by atoms with Crippen molar-refractivity contribution in [2.24, 2.45) is 5.92 Å². The Labute approximate surface area is 109 Å². The van der Waals surface area contributed by atoms with E-state index in [1.54, 1.807) is 19.0 Å². The first-order valence-corrected chi connectivity index (χ1v) is 6.77. The van der Waals surface area contributed by atoms with Crippen LogP contribution in [0, 0.1) is 5.92 Å². The molecule has 5 heteroatoms. The van der Waals surface area contributed by atoms with E-state index < -0.39 is 0 Å². The summed E-state index contributed by atoms with van der Waals surface area (Å²) in [7, 11) is 3.35. The highest BCUT2D eigenvalue weighted by atomic mass is 16.2. The van der Waals surface area contributed by atoms with E-state index in [0.717, 1.165) is 12.8 Å². The van der Waals surface area contributed by atoms with Gasteiger partial charge in [0.05, 0.1) is 5.92 Å². The number of hydrogen-bond donors (Lipinski definition) is 2. The summed E-state index contributed by atoms with van der Waals surface area (Å²) in [6.07, 6.45) is 5.82. The summed E-state index contributed by atoms with van der Waals surface area (Å²) in [5, 5.41) is 5.63. The highest BCUT2D eigenvalue weighted by molar-refractivity contribution is 5.79. The third-order valence-electron chi connectivity index (χ3n) is 3.52. The summed E-state index contributed by atoms with van der Waals surface area (Å²) in [4.78, 5) is 24.9. The maximum atomic E-state index is 11.9. The van der Waals surface area contributed by atoms with E-state index in [4.69, 9.17) is 0 Å². The van der Waals surface area contributed by atoms with Crippen molar-refractivity contribution in [2.75, 3.05) is 20.6 Å². The molecule has 1 aliphatic rings. The number of nitrogens with zero attached hydrogens (tertiary/aromatic N) is 1. The molecule has 5 nitrogen and oxygen atoms in total. The molecule has 0 radical (unpaired) electrons. The number of amides is 3. The molecule has 2 N–H and O–H groups in total. The van der Waals surface area contributed by atoms with Gasteiger partial charge in [-0.05, 0) is 12.8 Å². The van der Waals surface area contributed by atoms with Crippen LogP contribution in [-0.4, -0.2) is 43.5 Å². The monoisotopic (exact) mass is 255 g/mol. The van der Waals surface area contributed by atoms with Crippen molar-refractivity contribution in [1.82, 2.24) is 15.5 Å². The molecule has 0 aromatic carbocycles. The van der Waals surface area contributed by atoms with Gasteiger partial charge in [0.2, 0.25) is 5.91 Å². The van der Waals surface area contributed by atoms with Gasteiger partial charge in [-0.3, -0.25) is 4.79 Å². The molecule has 0 aliphatic heterocycles. The van der Waals surface area contributed by atoms with Crippen molar-refractivity contribution in [3.05, 3.63) is 0 Å². The first-order valence-electron chi connectivity index (χ1n) is 6.77. The topological polar surface area (TPSA) is 61.4 Å². The van der Waals surface area contributed by atoms with E-state index in [-0.39, 0.29) is 17.9 Å². The number of urea groups is 1. The van der Waals surface area contributed by atoms with Gasteiger partial charge in [-0.25, -0.2) is 4.79 Å². The maximum absolute atomic E-state index is 11.9. The molecule has 18 heavy (non-hydrogen) atoms. The second-order valence-corrected chi connectivity index (χ2v) is 5.18. The Balaban J connectivity index is 2.33. The quantitative estimate of drug-likeness (QED) is 0.796. The standard InChI is InChI=1S/C13H25N3O2/c1-10(12(17)14-2)9-16(3)13(18)15-11-7-5-4-6-8-11/h10-11H,4-9H2,1-3H3,(H,14,17)(H,15,18). The Hall–Kier alpha value is -1.26. The summed E-state index contributed by atoms with van der Waals surface area (Å²) >= 11 is 0.